The van der Waals surface area contributed by atoms with Crippen molar-refractivity contribution < 1.29 is 9.90 Å². The Morgan fingerprint density at radius 2 is 2.18 bits per heavy atom. The average Bonchev–Trinajstić information content (AvgIpc) is 1.98. The molecule has 0 bridgehead atoms. The van der Waals surface area contributed by atoms with Gasteiger partial charge in [0.05, 0.1) is 0 Å². The van der Waals surface area contributed by atoms with Gasteiger partial charge >= 0.3 is 5.97 Å². The lowest BCUT2D eigenvalue weighted by Crippen LogP contribution is -2.24. The van der Waals surface area contributed by atoms with E-state index in [4.69, 9.17) is 10.8 Å². The summed E-state index contributed by atoms with van der Waals surface area (Å²) in [6, 6.07) is 0. The van der Waals surface area contributed by atoms with Crippen molar-refractivity contribution in [3.8, 4) is 0 Å². The van der Waals surface area contributed by atoms with E-state index < -0.39 is 5.97 Å². The van der Waals surface area contributed by atoms with Crippen molar-refractivity contribution in [3.63, 3.8) is 0 Å². The predicted molar refractivity (Wildman–Crippen MR) is 44.3 cm³/mol. The molecule has 0 aliphatic heterocycles. The average molecular weight is 159 g/mol. The molecule has 3 N–H and O–H groups in total. The third-order valence-electron chi connectivity index (χ3n) is 2.19. The molecule has 0 amide bonds. The monoisotopic (exact) mass is 159 g/mol. The van der Waals surface area contributed by atoms with E-state index in [0.29, 0.717) is 12.5 Å². The molecule has 0 rings (SSSR count). The first-order chi connectivity index (χ1) is 5.11. The molecule has 0 aliphatic rings. The zero-order valence-electron chi connectivity index (χ0n) is 7.21. The molecule has 0 aliphatic carbocycles. The van der Waals surface area contributed by atoms with Crippen LogP contribution in [0.4, 0.5) is 0 Å². The maximum Gasteiger partial charge on any atom is 0.303 e. The van der Waals surface area contributed by atoms with Crippen LogP contribution in [0.25, 0.3) is 0 Å². The van der Waals surface area contributed by atoms with Crippen molar-refractivity contribution in [2.75, 3.05) is 6.54 Å². The third-order valence-corrected chi connectivity index (χ3v) is 2.19. The van der Waals surface area contributed by atoms with Gasteiger partial charge in [-0.25, -0.2) is 0 Å². The van der Waals surface area contributed by atoms with E-state index in [1.165, 1.54) is 0 Å². The summed E-state index contributed by atoms with van der Waals surface area (Å²) in [4.78, 5) is 10.3. The Morgan fingerprint density at radius 3 is 2.45 bits per heavy atom. The number of aliphatic carboxylic acids is 1. The van der Waals surface area contributed by atoms with E-state index in [1.807, 2.05) is 6.92 Å². The molecule has 0 saturated heterocycles. The lowest BCUT2D eigenvalue weighted by Gasteiger charge is -2.18. The summed E-state index contributed by atoms with van der Waals surface area (Å²) in [5.41, 5.74) is 5.43. The van der Waals surface area contributed by atoms with Gasteiger partial charge in [-0.3, -0.25) is 4.79 Å². The summed E-state index contributed by atoms with van der Waals surface area (Å²) in [7, 11) is 0. The van der Waals surface area contributed by atoms with Crippen LogP contribution in [0.2, 0.25) is 0 Å². The van der Waals surface area contributed by atoms with Gasteiger partial charge in [0.25, 0.3) is 0 Å². The Labute approximate surface area is 67.6 Å². The van der Waals surface area contributed by atoms with E-state index >= 15 is 0 Å². The highest BCUT2D eigenvalue weighted by Crippen LogP contribution is 2.17. The summed E-state index contributed by atoms with van der Waals surface area (Å²) in [5, 5.41) is 8.50. The summed E-state index contributed by atoms with van der Waals surface area (Å²) >= 11 is 0. The van der Waals surface area contributed by atoms with E-state index in [2.05, 4.69) is 6.92 Å². The van der Waals surface area contributed by atoms with Crippen molar-refractivity contribution in [1.29, 1.82) is 0 Å². The van der Waals surface area contributed by atoms with Gasteiger partial charge in [-0.2, -0.15) is 0 Å². The second-order valence-corrected chi connectivity index (χ2v) is 2.98. The quantitative estimate of drug-likeness (QED) is 0.631. The van der Waals surface area contributed by atoms with Gasteiger partial charge in [0.2, 0.25) is 0 Å². The number of rotatable bonds is 5. The predicted octanol–water partition coefficient (Wildman–Crippen LogP) is 1.08. The van der Waals surface area contributed by atoms with Crippen molar-refractivity contribution >= 4 is 5.97 Å². The molecule has 0 aromatic carbocycles. The molecule has 0 unspecified atom stereocenters. The zero-order valence-corrected chi connectivity index (χ0v) is 7.21. The van der Waals surface area contributed by atoms with Gasteiger partial charge in [0.1, 0.15) is 0 Å². The maximum atomic E-state index is 10.3. The van der Waals surface area contributed by atoms with Crippen LogP contribution < -0.4 is 5.73 Å². The molecule has 0 heterocycles. The highest BCUT2D eigenvalue weighted by atomic mass is 16.4. The summed E-state index contributed by atoms with van der Waals surface area (Å²) in [6.07, 6.45) is 1.20. The Hall–Kier alpha value is -0.570. The van der Waals surface area contributed by atoms with Gasteiger partial charge in [0, 0.05) is 6.42 Å². The molecule has 0 aromatic heterocycles. The van der Waals surface area contributed by atoms with Gasteiger partial charge in [0.15, 0.2) is 0 Å². The molecular weight excluding hydrogens is 142 g/mol. The second kappa shape index (κ2) is 5.13. The number of hydrogen-bond acceptors (Lipinski definition) is 2. The number of nitrogens with two attached hydrogens (primary N) is 1. The number of hydrogen-bond donors (Lipinski definition) is 2. The zero-order chi connectivity index (χ0) is 8.85. The number of carboxylic acids is 1. The molecule has 11 heavy (non-hydrogen) atoms. The fourth-order valence-electron chi connectivity index (χ4n) is 1.07. The van der Waals surface area contributed by atoms with Gasteiger partial charge in [-0.15, -0.1) is 0 Å². The van der Waals surface area contributed by atoms with Crippen LogP contribution in [0.1, 0.15) is 26.7 Å². The van der Waals surface area contributed by atoms with E-state index in [-0.39, 0.29) is 12.3 Å². The van der Waals surface area contributed by atoms with Crippen LogP contribution in [0.5, 0.6) is 0 Å². The minimum Gasteiger partial charge on any atom is -0.481 e. The van der Waals surface area contributed by atoms with E-state index in [1.54, 1.807) is 0 Å². The highest BCUT2D eigenvalue weighted by molar-refractivity contribution is 5.67. The van der Waals surface area contributed by atoms with E-state index in [0.717, 1.165) is 6.42 Å². The first kappa shape index (κ1) is 10.4. The standard InChI is InChI=1S/C8H17NO2/c1-3-6(2)7(5-9)4-8(10)11/h6-7H,3-5,9H2,1-2H3,(H,10,11)/t6-,7+/m0/s1. The Bertz CT molecular complexity index is 125. The molecule has 0 spiro atoms. The third kappa shape index (κ3) is 3.98. The fraction of sp³-hybridized carbons (Fsp3) is 0.875. The molecule has 66 valence electrons. The molecule has 3 nitrogen and oxygen atoms in total. The summed E-state index contributed by atoms with van der Waals surface area (Å²) in [6.45, 7) is 4.57. The molecule has 0 saturated carbocycles. The Morgan fingerprint density at radius 1 is 1.64 bits per heavy atom. The molecular formula is C8H17NO2. The van der Waals surface area contributed by atoms with Crippen molar-refractivity contribution in [2.24, 2.45) is 17.6 Å². The number of carboxylic acid groups (broad SMARTS) is 1. The number of carbonyl (C=O) groups is 1. The van der Waals surface area contributed by atoms with Crippen LogP contribution in [0.3, 0.4) is 0 Å². The first-order valence-corrected chi connectivity index (χ1v) is 4.03. The largest absolute Gasteiger partial charge is 0.481 e. The van der Waals surface area contributed by atoms with Crippen LogP contribution in [-0.2, 0) is 4.79 Å². The normalized spacial score (nSPS) is 15.9. The minimum absolute atomic E-state index is 0.137. The van der Waals surface area contributed by atoms with Crippen molar-refractivity contribution in [3.05, 3.63) is 0 Å². The first-order valence-electron chi connectivity index (χ1n) is 4.03. The Kier molecular flexibility index (Phi) is 4.86. The van der Waals surface area contributed by atoms with Gasteiger partial charge in [-0.1, -0.05) is 20.3 Å². The van der Waals surface area contributed by atoms with E-state index in [9.17, 15) is 4.79 Å². The van der Waals surface area contributed by atoms with Crippen molar-refractivity contribution in [2.45, 2.75) is 26.7 Å². The van der Waals surface area contributed by atoms with Crippen LogP contribution in [0.15, 0.2) is 0 Å². The smallest absolute Gasteiger partial charge is 0.303 e. The van der Waals surface area contributed by atoms with Crippen LogP contribution >= 0.6 is 0 Å². The molecule has 3 heteroatoms. The van der Waals surface area contributed by atoms with Gasteiger partial charge < -0.3 is 10.8 Å². The SMILES string of the molecule is CC[C@H](C)[C@@H](CN)CC(=O)O. The molecule has 0 radical (unpaired) electrons. The summed E-state index contributed by atoms with van der Waals surface area (Å²) in [5.74, 6) is -0.200. The minimum atomic E-state index is -0.749. The lowest BCUT2D eigenvalue weighted by molar-refractivity contribution is -0.138. The summed E-state index contributed by atoms with van der Waals surface area (Å²) < 4.78 is 0. The van der Waals surface area contributed by atoms with Crippen molar-refractivity contribution in [1.82, 2.24) is 0 Å². The molecule has 2 atom stereocenters. The fourth-order valence-corrected chi connectivity index (χ4v) is 1.07. The van der Waals surface area contributed by atoms with Gasteiger partial charge in [-0.05, 0) is 18.4 Å². The lowest BCUT2D eigenvalue weighted by atomic mass is 9.89. The topological polar surface area (TPSA) is 63.3 Å². The van der Waals surface area contributed by atoms with Crippen LogP contribution in [0, 0.1) is 11.8 Å². The molecule has 0 fully saturated rings. The van der Waals surface area contributed by atoms with Crippen LogP contribution in [-0.4, -0.2) is 17.6 Å². The molecule has 0 aromatic rings. The Balaban J connectivity index is 3.84. The second-order valence-electron chi connectivity index (χ2n) is 2.98. The highest BCUT2D eigenvalue weighted by Gasteiger charge is 2.16. The maximum absolute atomic E-state index is 10.3.